The summed E-state index contributed by atoms with van der Waals surface area (Å²) in [5, 5.41) is 0. The summed E-state index contributed by atoms with van der Waals surface area (Å²) < 4.78 is 9.74. The van der Waals surface area contributed by atoms with Gasteiger partial charge in [0.1, 0.15) is 5.75 Å². The standard InChI is InChI=1S/C11H15NO3/c1-14-10-5-8(6-11(13)15-2)3-4-9(10)7-12/h3-5H,6-7,12H2,1-2H3. The van der Waals surface area contributed by atoms with Gasteiger partial charge in [-0.15, -0.1) is 0 Å². The number of hydrogen-bond acceptors (Lipinski definition) is 4. The van der Waals surface area contributed by atoms with E-state index in [4.69, 9.17) is 10.5 Å². The Labute approximate surface area is 89.0 Å². The molecule has 4 heteroatoms. The first-order valence-corrected chi connectivity index (χ1v) is 4.64. The van der Waals surface area contributed by atoms with Gasteiger partial charge in [0.05, 0.1) is 20.6 Å². The number of esters is 1. The molecule has 15 heavy (non-hydrogen) atoms. The highest BCUT2D eigenvalue weighted by molar-refractivity contribution is 5.72. The zero-order chi connectivity index (χ0) is 11.3. The summed E-state index contributed by atoms with van der Waals surface area (Å²) in [6.45, 7) is 0.418. The average Bonchev–Trinajstić information content (AvgIpc) is 2.28. The van der Waals surface area contributed by atoms with Crippen LogP contribution in [0.2, 0.25) is 0 Å². The van der Waals surface area contributed by atoms with Crippen molar-refractivity contribution in [1.29, 1.82) is 0 Å². The zero-order valence-corrected chi connectivity index (χ0v) is 8.95. The van der Waals surface area contributed by atoms with E-state index in [9.17, 15) is 4.79 Å². The lowest BCUT2D eigenvalue weighted by Gasteiger charge is -2.08. The van der Waals surface area contributed by atoms with Crippen LogP contribution in [0.1, 0.15) is 11.1 Å². The molecule has 0 atom stereocenters. The molecule has 1 aromatic carbocycles. The molecule has 0 fully saturated rings. The van der Waals surface area contributed by atoms with Crippen LogP contribution in [-0.4, -0.2) is 20.2 Å². The van der Waals surface area contributed by atoms with Crippen molar-refractivity contribution in [2.75, 3.05) is 14.2 Å². The van der Waals surface area contributed by atoms with E-state index in [-0.39, 0.29) is 12.4 Å². The predicted molar refractivity (Wildman–Crippen MR) is 56.6 cm³/mol. The number of hydrogen-bond donors (Lipinski definition) is 1. The number of ether oxygens (including phenoxy) is 2. The highest BCUT2D eigenvalue weighted by Crippen LogP contribution is 2.20. The molecule has 0 aromatic heterocycles. The number of carbonyl (C=O) groups is 1. The van der Waals surface area contributed by atoms with Crippen molar-refractivity contribution in [3.05, 3.63) is 29.3 Å². The van der Waals surface area contributed by atoms with Crippen molar-refractivity contribution >= 4 is 5.97 Å². The summed E-state index contributed by atoms with van der Waals surface area (Å²) in [4.78, 5) is 11.0. The van der Waals surface area contributed by atoms with Crippen LogP contribution in [0.3, 0.4) is 0 Å². The van der Waals surface area contributed by atoms with Crippen LogP contribution in [0.15, 0.2) is 18.2 Å². The third-order valence-corrected chi connectivity index (χ3v) is 2.15. The lowest BCUT2D eigenvalue weighted by molar-refractivity contribution is -0.139. The normalized spacial score (nSPS) is 9.80. The smallest absolute Gasteiger partial charge is 0.309 e. The summed E-state index contributed by atoms with van der Waals surface area (Å²) in [5.74, 6) is 0.441. The van der Waals surface area contributed by atoms with Gasteiger partial charge in [-0.1, -0.05) is 12.1 Å². The van der Waals surface area contributed by atoms with Crippen LogP contribution in [0.4, 0.5) is 0 Å². The first-order valence-electron chi connectivity index (χ1n) is 4.64. The molecule has 0 unspecified atom stereocenters. The van der Waals surface area contributed by atoms with Gasteiger partial charge in [-0.3, -0.25) is 4.79 Å². The summed E-state index contributed by atoms with van der Waals surface area (Å²) in [6.07, 6.45) is 0.248. The van der Waals surface area contributed by atoms with Crippen LogP contribution in [0.5, 0.6) is 5.75 Å². The summed E-state index contributed by atoms with van der Waals surface area (Å²) in [7, 11) is 2.95. The van der Waals surface area contributed by atoms with E-state index in [1.165, 1.54) is 7.11 Å². The molecule has 0 aliphatic rings. The Hall–Kier alpha value is -1.55. The van der Waals surface area contributed by atoms with E-state index in [0.29, 0.717) is 12.3 Å². The van der Waals surface area contributed by atoms with Crippen molar-refractivity contribution in [3.63, 3.8) is 0 Å². The molecule has 0 spiro atoms. The largest absolute Gasteiger partial charge is 0.496 e. The lowest BCUT2D eigenvalue weighted by Crippen LogP contribution is -2.06. The maximum absolute atomic E-state index is 11.0. The van der Waals surface area contributed by atoms with E-state index in [1.807, 2.05) is 12.1 Å². The molecule has 0 radical (unpaired) electrons. The van der Waals surface area contributed by atoms with Crippen LogP contribution in [0.25, 0.3) is 0 Å². The number of carbonyl (C=O) groups excluding carboxylic acids is 1. The van der Waals surface area contributed by atoms with Crippen molar-refractivity contribution in [2.24, 2.45) is 5.73 Å². The second kappa shape index (κ2) is 5.36. The van der Waals surface area contributed by atoms with Crippen LogP contribution in [-0.2, 0) is 22.5 Å². The zero-order valence-electron chi connectivity index (χ0n) is 8.95. The maximum Gasteiger partial charge on any atom is 0.309 e. The Balaban J connectivity index is 2.88. The summed E-state index contributed by atoms with van der Waals surface area (Å²) in [6, 6.07) is 5.51. The van der Waals surface area contributed by atoms with Crippen molar-refractivity contribution in [1.82, 2.24) is 0 Å². The fraction of sp³-hybridized carbons (Fsp3) is 0.364. The van der Waals surface area contributed by atoms with Gasteiger partial charge >= 0.3 is 5.97 Å². The molecule has 4 nitrogen and oxygen atoms in total. The van der Waals surface area contributed by atoms with E-state index in [2.05, 4.69) is 4.74 Å². The van der Waals surface area contributed by atoms with Gasteiger partial charge < -0.3 is 15.2 Å². The average molecular weight is 209 g/mol. The molecule has 0 aliphatic carbocycles. The number of methoxy groups -OCH3 is 2. The molecule has 1 rings (SSSR count). The van der Waals surface area contributed by atoms with Gasteiger partial charge in [0.25, 0.3) is 0 Å². The Morgan fingerprint density at radius 3 is 2.67 bits per heavy atom. The third-order valence-electron chi connectivity index (χ3n) is 2.15. The Kier molecular flexibility index (Phi) is 4.12. The second-order valence-electron chi connectivity index (χ2n) is 3.10. The third kappa shape index (κ3) is 2.95. The lowest BCUT2D eigenvalue weighted by atomic mass is 10.1. The minimum atomic E-state index is -0.266. The highest BCUT2D eigenvalue weighted by Gasteiger charge is 2.06. The minimum absolute atomic E-state index is 0.248. The molecule has 0 bridgehead atoms. The van der Waals surface area contributed by atoms with Crippen LogP contribution in [0, 0.1) is 0 Å². The van der Waals surface area contributed by atoms with E-state index < -0.39 is 0 Å². The molecular formula is C11H15NO3. The number of nitrogens with two attached hydrogens (primary N) is 1. The molecule has 0 aliphatic heterocycles. The number of benzene rings is 1. The van der Waals surface area contributed by atoms with Crippen LogP contribution < -0.4 is 10.5 Å². The van der Waals surface area contributed by atoms with E-state index in [0.717, 1.165) is 11.1 Å². The second-order valence-corrected chi connectivity index (χ2v) is 3.10. The maximum atomic E-state index is 11.0. The molecule has 0 saturated heterocycles. The van der Waals surface area contributed by atoms with Crippen molar-refractivity contribution in [2.45, 2.75) is 13.0 Å². The molecule has 2 N–H and O–H groups in total. The molecule has 0 amide bonds. The van der Waals surface area contributed by atoms with Gasteiger partial charge in [-0.05, 0) is 11.6 Å². The fourth-order valence-electron chi connectivity index (χ4n) is 1.31. The molecular weight excluding hydrogens is 194 g/mol. The summed E-state index contributed by atoms with van der Waals surface area (Å²) in [5.41, 5.74) is 7.31. The monoisotopic (exact) mass is 209 g/mol. The molecule has 0 heterocycles. The first kappa shape index (κ1) is 11.5. The van der Waals surface area contributed by atoms with Crippen molar-refractivity contribution in [3.8, 4) is 5.75 Å². The molecule has 1 aromatic rings. The predicted octanol–water partition coefficient (Wildman–Crippen LogP) is 0.869. The van der Waals surface area contributed by atoms with Gasteiger partial charge in [-0.2, -0.15) is 0 Å². The van der Waals surface area contributed by atoms with E-state index >= 15 is 0 Å². The van der Waals surface area contributed by atoms with Gasteiger partial charge in [-0.25, -0.2) is 0 Å². The topological polar surface area (TPSA) is 61.5 Å². The number of rotatable bonds is 4. The Bertz CT molecular complexity index is 350. The molecule has 0 saturated carbocycles. The minimum Gasteiger partial charge on any atom is -0.496 e. The quantitative estimate of drug-likeness (QED) is 0.747. The Morgan fingerprint density at radius 2 is 2.13 bits per heavy atom. The van der Waals surface area contributed by atoms with Crippen molar-refractivity contribution < 1.29 is 14.3 Å². The van der Waals surface area contributed by atoms with Gasteiger partial charge in [0, 0.05) is 12.1 Å². The fourth-order valence-corrected chi connectivity index (χ4v) is 1.31. The Morgan fingerprint density at radius 1 is 1.40 bits per heavy atom. The van der Waals surface area contributed by atoms with Crippen LogP contribution >= 0.6 is 0 Å². The summed E-state index contributed by atoms with van der Waals surface area (Å²) >= 11 is 0. The SMILES string of the molecule is COC(=O)Cc1ccc(CN)c(OC)c1. The molecule has 82 valence electrons. The van der Waals surface area contributed by atoms with E-state index in [1.54, 1.807) is 13.2 Å². The first-order chi connectivity index (χ1) is 7.21. The highest BCUT2D eigenvalue weighted by atomic mass is 16.5. The van der Waals surface area contributed by atoms with Gasteiger partial charge in [0.2, 0.25) is 0 Å². The van der Waals surface area contributed by atoms with Gasteiger partial charge in [0.15, 0.2) is 0 Å².